The number of hydrogen-bond donors (Lipinski definition) is 1. The normalized spacial score (nSPS) is 18.1. The van der Waals surface area contributed by atoms with Gasteiger partial charge >= 0.3 is 0 Å². The number of carbonyl (C=O) groups is 1. The van der Waals surface area contributed by atoms with Crippen LogP contribution in [-0.2, 0) is 27.4 Å². The molecule has 4 nitrogen and oxygen atoms in total. The number of nitrogens with one attached hydrogen (secondary N) is 1. The van der Waals surface area contributed by atoms with Crippen LogP contribution in [0.15, 0.2) is 24.3 Å². The van der Waals surface area contributed by atoms with Crippen molar-refractivity contribution in [1.29, 1.82) is 0 Å². The summed E-state index contributed by atoms with van der Waals surface area (Å²) in [7, 11) is 0. The molecule has 1 aliphatic rings. The van der Waals surface area contributed by atoms with Crippen molar-refractivity contribution in [2.75, 3.05) is 19.1 Å². The zero-order chi connectivity index (χ0) is 14.2. The molecular weight excluding hydrogens is 278 g/mol. The van der Waals surface area contributed by atoms with Gasteiger partial charge in [-0.15, -0.1) is 11.6 Å². The summed E-state index contributed by atoms with van der Waals surface area (Å²) in [5, 5.41) is 2.74. The number of amides is 1. The zero-order valence-electron chi connectivity index (χ0n) is 11.4. The Morgan fingerprint density at radius 1 is 1.45 bits per heavy atom. The van der Waals surface area contributed by atoms with Crippen molar-refractivity contribution in [2.24, 2.45) is 0 Å². The van der Waals surface area contributed by atoms with E-state index in [-0.39, 0.29) is 17.9 Å². The first-order valence-electron chi connectivity index (χ1n) is 6.88. The molecule has 1 saturated heterocycles. The molecular formula is C15H20ClNO3. The Kier molecular flexibility index (Phi) is 6.30. The molecule has 0 saturated carbocycles. The van der Waals surface area contributed by atoms with Gasteiger partial charge < -0.3 is 14.8 Å². The maximum Gasteiger partial charge on any atom is 0.235 e. The van der Waals surface area contributed by atoms with E-state index < -0.39 is 0 Å². The summed E-state index contributed by atoms with van der Waals surface area (Å²) in [5.41, 5.74) is 2.14. The van der Waals surface area contributed by atoms with Crippen LogP contribution in [0.2, 0.25) is 0 Å². The van der Waals surface area contributed by atoms with E-state index in [1.807, 2.05) is 24.3 Å². The topological polar surface area (TPSA) is 47.6 Å². The summed E-state index contributed by atoms with van der Waals surface area (Å²) in [6.07, 6.45) is 2.47. The van der Waals surface area contributed by atoms with E-state index in [1.165, 1.54) is 0 Å². The third-order valence-corrected chi connectivity index (χ3v) is 3.44. The minimum Gasteiger partial charge on any atom is -0.376 e. The Bertz CT molecular complexity index is 433. The van der Waals surface area contributed by atoms with Crippen molar-refractivity contribution in [3.8, 4) is 0 Å². The molecule has 5 heteroatoms. The predicted molar refractivity (Wildman–Crippen MR) is 77.6 cm³/mol. The van der Waals surface area contributed by atoms with Gasteiger partial charge in [0.2, 0.25) is 5.91 Å². The molecule has 0 bridgehead atoms. The zero-order valence-corrected chi connectivity index (χ0v) is 12.2. The summed E-state index contributed by atoms with van der Waals surface area (Å²) in [5.74, 6) is -0.170. The lowest BCUT2D eigenvalue weighted by atomic mass is 10.1. The predicted octanol–water partition coefficient (Wildman–Crippen LogP) is 2.24. The molecule has 1 unspecified atom stereocenters. The van der Waals surface area contributed by atoms with E-state index in [1.54, 1.807) is 0 Å². The molecule has 1 N–H and O–H groups in total. The lowest BCUT2D eigenvalue weighted by molar-refractivity contribution is -0.118. The van der Waals surface area contributed by atoms with E-state index in [0.29, 0.717) is 19.8 Å². The van der Waals surface area contributed by atoms with Crippen molar-refractivity contribution in [1.82, 2.24) is 5.32 Å². The maximum absolute atomic E-state index is 11.1. The van der Waals surface area contributed by atoms with Gasteiger partial charge in [0.25, 0.3) is 0 Å². The van der Waals surface area contributed by atoms with Gasteiger partial charge in [0.05, 0.1) is 19.3 Å². The van der Waals surface area contributed by atoms with Gasteiger partial charge in [-0.1, -0.05) is 24.3 Å². The molecule has 20 heavy (non-hydrogen) atoms. The number of carbonyl (C=O) groups excluding carboxylic acids is 1. The van der Waals surface area contributed by atoms with Crippen molar-refractivity contribution < 1.29 is 14.3 Å². The van der Waals surface area contributed by atoms with Crippen LogP contribution >= 0.6 is 11.6 Å². The Balaban J connectivity index is 1.75. The monoisotopic (exact) mass is 297 g/mol. The lowest BCUT2D eigenvalue weighted by Crippen LogP contribution is -2.23. The van der Waals surface area contributed by atoms with Gasteiger partial charge in [0.15, 0.2) is 0 Å². The van der Waals surface area contributed by atoms with Crippen LogP contribution in [0.3, 0.4) is 0 Å². The molecule has 0 aliphatic carbocycles. The second-order valence-electron chi connectivity index (χ2n) is 4.88. The van der Waals surface area contributed by atoms with Gasteiger partial charge in [0, 0.05) is 13.2 Å². The molecule has 110 valence electrons. The Labute approximate surface area is 124 Å². The van der Waals surface area contributed by atoms with Gasteiger partial charge in [-0.2, -0.15) is 0 Å². The van der Waals surface area contributed by atoms with Crippen LogP contribution in [0.4, 0.5) is 0 Å². The van der Waals surface area contributed by atoms with Crippen LogP contribution in [0.1, 0.15) is 24.0 Å². The summed E-state index contributed by atoms with van der Waals surface area (Å²) in [6, 6.07) is 7.98. The fourth-order valence-corrected chi connectivity index (χ4v) is 2.26. The fourth-order valence-electron chi connectivity index (χ4n) is 2.16. The molecule has 0 spiro atoms. The van der Waals surface area contributed by atoms with Crippen molar-refractivity contribution >= 4 is 17.5 Å². The summed E-state index contributed by atoms with van der Waals surface area (Å²) < 4.78 is 11.2. The molecule has 0 aromatic heterocycles. The van der Waals surface area contributed by atoms with Gasteiger partial charge in [-0.05, 0) is 24.0 Å². The van der Waals surface area contributed by atoms with Crippen molar-refractivity contribution in [3.63, 3.8) is 0 Å². The molecule has 1 fully saturated rings. The van der Waals surface area contributed by atoms with E-state index >= 15 is 0 Å². The second kappa shape index (κ2) is 8.25. The van der Waals surface area contributed by atoms with Gasteiger partial charge in [-0.3, -0.25) is 4.79 Å². The number of alkyl halides is 1. The Morgan fingerprint density at radius 3 is 3.05 bits per heavy atom. The molecule has 1 aliphatic heterocycles. The summed E-state index contributed by atoms with van der Waals surface area (Å²) in [6.45, 7) is 2.55. The van der Waals surface area contributed by atoms with Crippen LogP contribution < -0.4 is 5.32 Å². The van der Waals surface area contributed by atoms with Crippen LogP contribution in [0.5, 0.6) is 0 Å². The second-order valence-corrected chi connectivity index (χ2v) is 5.15. The van der Waals surface area contributed by atoms with Crippen LogP contribution in [0.25, 0.3) is 0 Å². The molecule has 2 rings (SSSR count). The van der Waals surface area contributed by atoms with E-state index in [2.05, 4.69) is 5.32 Å². The van der Waals surface area contributed by atoms with E-state index in [9.17, 15) is 4.79 Å². The van der Waals surface area contributed by atoms with E-state index in [4.69, 9.17) is 21.1 Å². The van der Waals surface area contributed by atoms with Gasteiger partial charge in [-0.25, -0.2) is 0 Å². The van der Waals surface area contributed by atoms with E-state index in [0.717, 1.165) is 30.6 Å². The highest BCUT2D eigenvalue weighted by Crippen LogP contribution is 2.13. The molecule has 1 amide bonds. The minimum atomic E-state index is -0.160. The molecule has 1 atom stereocenters. The average molecular weight is 298 g/mol. The highest BCUT2D eigenvalue weighted by molar-refractivity contribution is 6.27. The first-order chi connectivity index (χ1) is 9.78. The minimum absolute atomic E-state index is 0.00973. The number of rotatable bonds is 7. The highest BCUT2D eigenvalue weighted by Gasteiger charge is 2.15. The maximum atomic E-state index is 11.1. The smallest absolute Gasteiger partial charge is 0.235 e. The first kappa shape index (κ1) is 15.3. The molecule has 1 heterocycles. The average Bonchev–Trinajstić information content (AvgIpc) is 2.98. The quantitative estimate of drug-likeness (QED) is 0.785. The molecule has 1 aromatic carbocycles. The highest BCUT2D eigenvalue weighted by atomic mass is 35.5. The lowest BCUT2D eigenvalue weighted by Gasteiger charge is -2.11. The first-order valence-corrected chi connectivity index (χ1v) is 7.41. The van der Waals surface area contributed by atoms with Crippen LogP contribution in [-0.4, -0.2) is 31.1 Å². The Hall–Kier alpha value is -1.10. The number of benzene rings is 1. The van der Waals surface area contributed by atoms with Crippen molar-refractivity contribution in [2.45, 2.75) is 32.1 Å². The number of halogens is 1. The third-order valence-electron chi connectivity index (χ3n) is 3.20. The summed E-state index contributed by atoms with van der Waals surface area (Å²) in [4.78, 5) is 11.1. The largest absolute Gasteiger partial charge is 0.376 e. The number of hydrogen-bond acceptors (Lipinski definition) is 3. The number of ether oxygens (including phenoxy) is 2. The summed E-state index contributed by atoms with van der Waals surface area (Å²) >= 11 is 5.44. The van der Waals surface area contributed by atoms with Crippen LogP contribution in [0, 0.1) is 0 Å². The third kappa shape index (κ3) is 5.12. The van der Waals surface area contributed by atoms with Crippen molar-refractivity contribution in [3.05, 3.63) is 35.4 Å². The van der Waals surface area contributed by atoms with Gasteiger partial charge in [0.1, 0.15) is 5.88 Å². The SMILES string of the molecule is O=C(CCl)NCc1cccc(COCC2CCCO2)c1. The molecule has 0 radical (unpaired) electrons. The Morgan fingerprint density at radius 2 is 2.30 bits per heavy atom. The molecule has 1 aromatic rings. The standard InChI is InChI=1S/C15H20ClNO3/c16-8-15(18)17-9-12-3-1-4-13(7-12)10-19-11-14-5-2-6-20-14/h1,3-4,7,14H,2,5-6,8-11H2,(H,17,18). The fraction of sp³-hybridized carbons (Fsp3) is 0.533.